The Hall–Kier alpha value is -2.41. The molecular formula is C26H30N+. The normalized spacial score (nSPS) is 13.8. The van der Waals surface area contributed by atoms with E-state index < -0.39 is 0 Å². The number of aryl methyl sites for hydroxylation is 3. The van der Waals surface area contributed by atoms with Crippen molar-refractivity contribution in [3.8, 4) is 0 Å². The Labute approximate surface area is 163 Å². The zero-order valence-electron chi connectivity index (χ0n) is 17.9. The third-order valence-electron chi connectivity index (χ3n) is 6.18. The van der Waals surface area contributed by atoms with Crippen LogP contribution in [-0.4, -0.2) is 0 Å². The van der Waals surface area contributed by atoms with Crippen molar-refractivity contribution in [3.63, 3.8) is 0 Å². The summed E-state index contributed by atoms with van der Waals surface area (Å²) in [5.41, 5.74) is 12.6. The Bertz CT molecular complexity index is 1140. The molecule has 1 nitrogen and oxygen atoms in total. The summed E-state index contributed by atoms with van der Waals surface area (Å²) in [6, 6.07) is 11.5. The summed E-state index contributed by atoms with van der Waals surface area (Å²) in [6.45, 7) is 16.0. The number of allylic oxidation sites excluding steroid dienone is 1. The van der Waals surface area contributed by atoms with E-state index in [1.54, 1.807) is 0 Å². The number of aromatic nitrogens is 1. The monoisotopic (exact) mass is 356 g/mol. The van der Waals surface area contributed by atoms with Crippen LogP contribution in [0.4, 0.5) is 0 Å². The van der Waals surface area contributed by atoms with Gasteiger partial charge in [0, 0.05) is 6.07 Å². The second-order valence-electron chi connectivity index (χ2n) is 9.23. The van der Waals surface area contributed by atoms with Gasteiger partial charge in [-0.2, -0.15) is 0 Å². The van der Waals surface area contributed by atoms with Gasteiger partial charge in [-0.15, -0.1) is 0 Å². The van der Waals surface area contributed by atoms with E-state index in [0.29, 0.717) is 0 Å². The molecule has 1 aliphatic carbocycles. The molecule has 0 saturated heterocycles. The van der Waals surface area contributed by atoms with E-state index in [9.17, 15) is 0 Å². The average molecular weight is 357 g/mol. The van der Waals surface area contributed by atoms with Gasteiger partial charge >= 0.3 is 0 Å². The molecule has 1 aliphatic rings. The summed E-state index contributed by atoms with van der Waals surface area (Å²) >= 11 is 0. The minimum atomic E-state index is 0.115. The Morgan fingerprint density at radius 1 is 0.889 bits per heavy atom. The first-order valence-electron chi connectivity index (χ1n) is 9.87. The molecule has 0 atom stereocenters. The molecule has 0 aliphatic heterocycles. The first-order valence-corrected chi connectivity index (χ1v) is 9.87. The summed E-state index contributed by atoms with van der Waals surface area (Å²) in [5, 5.41) is 2.75. The minimum absolute atomic E-state index is 0.115. The molecule has 3 aromatic rings. The minimum Gasteiger partial charge on any atom is -0.200 e. The third kappa shape index (κ3) is 2.56. The summed E-state index contributed by atoms with van der Waals surface area (Å²) < 4.78 is 2.31. The van der Waals surface area contributed by atoms with Gasteiger partial charge < -0.3 is 0 Å². The van der Waals surface area contributed by atoms with E-state index in [0.717, 1.165) is 0 Å². The van der Waals surface area contributed by atoms with Crippen LogP contribution in [0.2, 0.25) is 0 Å². The van der Waals surface area contributed by atoms with Crippen molar-refractivity contribution in [1.82, 2.24) is 0 Å². The molecule has 1 aromatic heterocycles. The SMILES string of the molecule is CC1=C(c2cc(C)cc(C)c2C)c2c3c1c(C(C)(C)C)ccc3cc[n+]2C. The van der Waals surface area contributed by atoms with E-state index in [4.69, 9.17) is 0 Å². The highest BCUT2D eigenvalue weighted by molar-refractivity contribution is 6.16. The lowest BCUT2D eigenvalue weighted by molar-refractivity contribution is -0.672. The van der Waals surface area contributed by atoms with Crippen LogP contribution in [0, 0.1) is 20.8 Å². The van der Waals surface area contributed by atoms with Gasteiger partial charge in [-0.1, -0.05) is 50.6 Å². The van der Waals surface area contributed by atoms with Crippen LogP contribution >= 0.6 is 0 Å². The molecule has 0 fully saturated rings. The van der Waals surface area contributed by atoms with Crippen LogP contribution in [0.1, 0.15) is 66.8 Å². The second-order valence-corrected chi connectivity index (χ2v) is 9.23. The smallest absolute Gasteiger partial charge is 0.200 e. The Kier molecular flexibility index (Phi) is 3.86. The van der Waals surface area contributed by atoms with Crippen LogP contribution in [0.3, 0.4) is 0 Å². The lowest BCUT2D eigenvalue weighted by Gasteiger charge is -2.23. The van der Waals surface area contributed by atoms with Gasteiger partial charge in [-0.25, -0.2) is 4.57 Å². The molecule has 2 aromatic carbocycles. The fraction of sp³-hybridized carbons (Fsp3) is 0.346. The van der Waals surface area contributed by atoms with Gasteiger partial charge in [-0.3, -0.25) is 0 Å². The van der Waals surface area contributed by atoms with Gasteiger partial charge in [0.25, 0.3) is 0 Å². The molecule has 0 radical (unpaired) electrons. The van der Waals surface area contributed by atoms with Crippen molar-refractivity contribution in [3.05, 3.63) is 75.6 Å². The Morgan fingerprint density at radius 3 is 2.26 bits per heavy atom. The summed E-state index contributed by atoms with van der Waals surface area (Å²) in [4.78, 5) is 0. The number of nitrogens with zero attached hydrogens (tertiary/aromatic N) is 1. The summed E-state index contributed by atoms with van der Waals surface area (Å²) in [6.07, 6.45) is 2.20. The predicted octanol–water partition coefficient (Wildman–Crippen LogP) is 6.18. The molecule has 4 rings (SSSR count). The van der Waals surface area contributed by atoms with Crippen molar-refractivity contribution in [2.45, 2.75) is 53.9 Å². The third-order valence-corrected chi connectivity index (χ3v) is 6.18. The van der Waals surface area contributed by atoms with Gasteiger partial charge in [0.05, 0.1) is 11.0 Å². The van der Waals surface area contributed by atoms with Crippen molar-refractivity contribution in [2.75, 3.05) is 0 Å². The Morgan fingerprint density at radius 2 is 1.59 bits per heavy atom. The van der Waals surface area contributed by atoms with Crippen LogP contribution in [0.15, 0.2) is 36.5 Å². The van der Waals surface area contributed by atoms with Crippen molar-refractivity contribution >= 4 is 21.9 Å². The highest BCUT2D eigenvalue weighted by atomic mass is 14.9. The van der Waals surface area contributed by atoms with Crippen LogP contribution < -0.4 is 4.57 Å². The maximum Gasteiger partial charge on any atom is 0.221 e. The molecule has 0 amide bonds. The second kappa shape index (κ2) is 5.79. The molecule has 1 heterocycles. The maximum absolute atomic E-state index is 2.36. The highest BCUT2D eigenvalue weighted by Gasteiger charge is 2.34. The molecule has 27 heavy (non-hydrogen) atoms. The van der Waals surface area contributed by atoms with E-state index in [2.05, 4.69) is 96.6 Å². The molecule has 0 saturated carbocycles. The van der Waals surface area contributed by atoms with E-state index >= 15 is 0 Å². The number of hydrogen-bond donors (Lipinski definition) is 0. The molecule has 0 N–H and O–H groups in total. The molecule has 1 heteroatoms. The number of pyridine rings is 1. The maximum atomic E-state index is 2.36. The van der Waals surface area contributed by atoms with Crippen molar-refractivity contribution in [1.29, 1.82) is 0 Å². The predicted molar refractivity (Wildman–Crippen MR) is 116 cm³/mol. The number of benzene rings is 2. The first-order chi connectivity index (χ1) is 12.6. The Balaban J connectivity index is 2.19. The van der Waals surface area contributed by atoms with Crippen LogP contribution in [0.5, 0.6) is 0 Å². The average Bonchev–Trinajstić information content (AvgIpc) is 2.88. The van der Waals surface area contributed by atoms with Gasteiger partial charge in [0.2, 0.25) is 5.69 Å². The lowest BCUT2D eigenvalue weighted by Crippen LogP contribution is -2.32. The first kappa shape index (κ1) is 18.0. The highest BCUT2D eigenvalue weighted by Crippen LogP contribution is 2.47. The van der Waals surface area contributed by atoms with E-state index in [1.807, 2.05) is 0 Å². The number of rotatable bonds is 1. The van der Waals surface area contributed by atoms with Gasteiger partial charge in [0.15, 0.2) is 6.20 Å². The fourth-order valence-corrected chi connectivity index (χ4v) is 4.70. The molecule has 0 unspecified atom stereocenters. The zero-order chi connectivity index (χ0) is 19.7. The molecule has 0 bridgehead atoms. The molecular weight excluding hydrogens is 326 g/mol. The van der Waals surface area contributed by atoms with Crippen molar-refractivity contribution < 1.29 is 4.57 Å². The van der Waals surface area contributed by atoms with E-state index in [-0.39, 0.29) is 5.41 Å². The van der Waals surface area contributed by atoms with Gasteiger partial charge in [-0.05, 0) is 71.9 Å². The fourth-order valence-electron chi connectivity index (χ4n) is 4.70. The topological polar surface area (TPSA) is 3.88 Å². The largest absolute Gasteiger partial charge is 0.221 e. The zero-order valence-corrected chi connectivity index (χ0v) is 17.9. The lowest BCUT2D eigenvalue weighted by atomic mass is 9.81. The van der Waals surface area contributed by atoms with Crippen LogP contribution in [0.25, 0.3) is 21.9 Å². The summed E-state index contributed by atoms with van der Waals surface area (Å²) in [5.74, 6) is 0. The van der Waals surface area contributed by atoms with Crippen molar-refractivity contribution in [2.24, 2.45) is 7.05 Å². The van der Waals surface area contributed by atoms with Gasteiger partial charge in [0.1, 0.15) is 7.05 Å². The van der Waals surface area contributed by atoms with Crippen LogP contribution in [-0.2, 0) is 12.5 Å². The number of hydrogen-bond acceptors (Lipinski definition) is 0. The molecule has 138 valence electrons. The van der Waals surface area contributed by atoms with E-state index in [1.165, 1.54) is 61.0 Å². The summed E-state index contributed by atoms with van der Waals surface area (Å²) in [7, 11) is 2.18. The standard InChI is InChI=1S/C26H30N/c1-15-13-16(2)17(3)20(14-15)22-18(4)23-21(26(5,6)7)10-9-19-11-12-27(8)25(22)24(19)23/h9-14H,1-8H3/q+1. The molecule has 0 spiro atoms. The quantitative estimate of drug-likeness (QED) is 0.458.